The van der Waals surface area contributed by atoms with Crippen molar-refractivity contribution in [2.45, 2.75) is 37.1 Å². The van der Waals surface area contributed by atoms with Gasteiger partial charge in [0.15, 0.2) is 0 Å². The summed E-state index contributed by atoms with van der Waals surface area (Å²) >= 11 is 0. The lowest BCUT2D eigenvalue weighted by molar-refractivity contribution is -0.123. The van der Waals surface area contributed by atoms with E-state index in [2.05, 4.69) is 10.6 Å². The molecule has 4 atom stereocenters. The molecule has 1 aliphatic heterocycles. The average Bonchev–Trinajstić information content (AvgIpc) is 2.79. The summed E-state index contributed by atoms with van der Waals surface area (Å²) in [6.07, 6.45) is 0.0765. The Morgan fingerprint density at radius 3 is 3.14 bits per heavy atom. The maximum atomic E-state index is 11.8. The van der Waals surface area contributed by atoms with E-state index in [4.69, 9.17) is 9.47 Å². The molecule has 21 heavy (non-hydrogen) atoms. The Balaban J connectivity index is 1.64. The Morgan fingerprint density at radius 2 is 2.33 bits per heavy atom. The van der Waals surface area contributed by atoms with E-state index in [0.29, 0.717) is 19.4 Å². The monoisotopic (exact) mass is 292 g/mol. The SMILES string of the molecule is COCCC(=O)N[C@@H]1C[C@H]2Oc3ccccc3N[C@H]2[C@@H]1O. The van der Waals surface area contributed by atoms with Crippen LogP contribution in [0.15, 0.2) is 24.3 Å². The van der Waals surface area contributed by atoms with Crippen LogP contribution in [0.3, 0.4) is 0 Å². The van der Waals surface area contributed by atoms with Crippen molar-refractivity contribution in [3.05, 3.63) is 24.3 Å². The third-order valence-electron chi connectivity index (χ3n) is 4.03. The van der Waals surface area contributed by atoms with E-state index in [1.165, 1.54) is 0 Å². The number of methoxy groups -OCH3 is 1. The molecule has 0 spiro atoms. The summed E-state index contributed by atoms with van der Waals surface area (Å²) < 4.78 is 10.8. The number of nitrogens with one attached hydrogen (secondary N) is 2. The van der Waals surface area contributed by atoms with Crippen LogP contribution in [0.2, 0.25) is 0 Å². The number of anilines is 1. The summed E-state index contributed by atoms with van der Waals surface area (Å²) in [6.45, 7) is 0.377. The molecule has 1 heterocycles. The van der Waals surface area contributed by atoms with E-state index >= 15 is 0 Å². The standard InChI is InChI=1S/C15H20N2O4/c1-20-7-6-13(18)16-10-8-12-14(15(10)19)17-9-4-2-3-5-11(9)21-12/h2-5,10,12,14-15,17,19H,6-8H2,1H3,(H,16,18)/t10-,12-,14-,15-/m1/s1. The van der Waals surface area contributed by atoms with Gasteiger partial charge in [-0.1, -0.05) is 12.1 Å². The van der Waals surface area contributed by atoms with Gasteiger partial charge in [0, 0.05) is 20.0 Å². The van der Waals surface area contributed by atoms with Gasteiger partial charge in [-0.05, 0) is 12.1 Å². The molecule has 3 N–H and O–H groups in total. The number of amides is 1. The molecule has 0 saturated heterocycles. The number of fused-ring (bicyclic) bond motifs is 2. The van der Waals surface area contributed by atoms with Crippen molar-refractivity contribution in [2.24, 2.45) is 0 Å². The summed E-state index contributed by atoms with van der Waals surface area (Å²) in [6, 6.07) is 7.15. The first-order chi connectivity index (χ1) is 10.2. The van der Waals surface area contributed by atoms with Crippen LogP contribution in [0.25, 0.3) is 0 Å². The first-order valence-electron chi connectivity index (χ1n) is 7.17. The average molecular weight is 292 g/mol. The van der Waals surface area contributed by atoms with Crippen LogP contribution in [-0.2, 0) is 9.53 Å². The summed E-state index contributed by atoms with van der Waals surface area (Å²) in [5, 5.41) is 16.6. The maximum Gasteiger partial charge on any atom is 0.222 e. The Morgan fingerprint density at radius 1 is 1.52 bits per heavy atom. The molecule has 1 aromatic carbocycles. The van der Waals surface area contributed by atoms with Crippen LogP contribution < -0.4 is 15.4 Å². The van der Waals surface area contributed by atoms with Crippen molar-refractivity contribution in [2.75, 3.05) is 19.0 Å². The Bertz CT molecular complexity index is 522. The van der Waals surface area contributed by atoms with Crippen molar-refractivity contribution in [1.29, 1.82) is 0 Å². The predicted octanol–water partition coefficient (Wildman–Crippen LogP) is 0.514. The van der Waals surface area contributed by atoms with Crippen LogP contribution in [-0.4, -0.2) is 49.0 Å². The fourth-order valence-corrected chi connectivity index (χ4v) is 2.96. The number of carbonyl (C=O) groups excluding carboxylic acids is 1. The fraction of sp³-hybridized carbons (Fsp3) is 0.533. The summed E-state index contributed by atoms with van der Waals surface area (Å²) in [5.74, 6) is 0.675. The third-order valence-corrected chi connectivity index (χ3v) is 4.03. The zero-order chi connectivity index (χ0) is 14.8. The molecule has 6 nitrogen and oxygen atoms in total. The lowest BCUT2D eigenvalue weighted by Crippen LogP contribution is -2.47. The van der Waals surface area contributed by atoms with E-state index in [1.54, 1.807) is 7.11 Å². The molecule has 3 rings (SSSR count). The minimum atomic E-state index is -0.671. The number of benzene rings is 1. The van der Waals surface area contributed by atoms with Gasteiger partial charge >= 0.3 is 0 Å². The molecular formula is C15H20N2O4. The Kier molecular flexibility index (Phi) is 3.98. The van der Waals surface area contributed by atoms with E-state index in [-0.39, 0.29) is 24.1 Å². The van der Waals surface area contributed by atoms with E-state index < -0.39 is 6.10 Å². The van der Waals surface area contributed by atoms with Crippen LogP contribution in [0.4, 0.5) is 5.69 Å². The number of aliphatic hydroxyl groups is 1. The van der Waals surface area contributed by atoms with Crippen molar-refractivity contribution < 1.29 is 19.4 Å². The summed E-state index contributed by atoms with van der Waals surface area (Å²) in [7, 11) is 1.56. The lowest BCUT2D eigenvalue weighted by atomic mass is 10.1. The van der Waals surface area contributed by atoms with Gasteiger partial charge in [-0.25, -0.2) is 0 Å². The minimum Gasteiger partial charge on any atom is -0.486 e. The number of hydrogen-bond acceptors (Lipinski definition) is 5. The molecule has 1 fully saturated rings. The van der Waals surface area contributed by atoms with Gasteiger partial charge in [-0.3, -0.25) is 4.79 Å². The highest BCUT2D eigenvalue weighted by Gasteiger charge is 2.46. The molecule has 0 radical (unpaired) electrons. The van der Waals surface area contributed by atoms with E-state index in [9.17, 15) is 9.90 Å². The molecule has 0 aromatic heterocycles. The second-order valence-electron chi connectivity index (χ2n) is 5.47. The van der Waals surface area contributed by atoms with E-state index in [1.807, 2.05) is 24.3 Å². The molecule has 1 aromatic rings. The van der Waals surface area contributed by atoms with Crippen LogP contribution >= 0.6 is 0 Å². The molecule has 0 unspecified atom stereocenters. The Labute approximate surface area is 123 Å². The van der Waals surface area contributed by atoms with Gasteiger partial charge in [0.1, 0.15) is 11.9 Å². The maximum absolute atomic E-state index is 11.8. The molecule has 1 aliphatic carbocycles. The van der Waals surface area contributed by atoms with Crippen molar-refractivity contribution >= 4 is 11.6 Å². The molecular weight excluding hydrogens is 272 g/mol. The van der Waals surface area contributed by atoms with Gasteiger partial charge in [0.25, 0.3) is 0 Å². The molecule has 1 amide bonds. The minimum absolute atomic E-state index is 0.114. The first kappa shape index (κ1) is 14.2. The largest absolute Gasteiger partial charge is 0.486 e. The molecule has 0 bridgehead atoms. The molecule has 1 saturated carbocycles. The van der Waals surface area contributed by atoms with Crippen LogP contribution in [0.1, 0.15) is 12.8 Å². The second-order valence-corrected chi connectivity index (χ2v) is 5.47. The number of hydrogen-bond donors (Lipinski definition) is 3. The highest BCUT2D eigenvalue weighted by Crippen LogP contribution is 2.37. The van der Waals surface area contributed by atoms with Gasteiger partial charge in [0.2, 0.25) is 5.91 Å². The lowest BCUT2D eigenvalue weighted by Gasteiger charge is -2.31. The first-order valence-corrected chi connectivity index (χ1v) is 7.17. The smallest absolute Gasteiger partial charge is 0.222 e. The van der Waals surface area contributed by atoms with Crippen LogP contribution in [0, 0.1) is 0 Å². The second kappa shape index (κ2) is 5.91. The molecule has 6 heteroatoms. The number of rotatable bonds is 4. The highest BCUT2D eigenvalue weighted by molar-refractivity contribution is 5.76. The zero-order valence-corrected chi connectivity index (χ0v) is 11.9. The topological polar surface area (TPSA) is 79.8 Å². The van der Waals surface area contributed by atoms with Gasteiger partial charge in [-0.15, -0.1) is 0 Å². The summed E-state index contributed by atoms with van der Waals surface area (Å²) in [4.78, 5) is 11.8. The van der Waals surface area contributed by atoms with Gasteiger partial charge in [0.05, 0.1) is 30.5 Å². The fourth-order valence-electron chi connectivity index (χ4n) is 2.96. The zero-order valence-electron chi connectivity index (χ0n) is 11.9. The summed E-state index contributed by atoms with van der Waals surface area (Å²) in [5.41, 5.74) is 0.879. The quantitative estimate of drug-likeness (QED) is 0.754. The number of aliphatic hydroxyl groups excluding tert-OH is 1. The van der Waals surface area contributed by atoms with Crippen molar-refractivity contribution in [3.8, 4) is 5.75 Å². The highest BCUT2D eigenvalue weighted by atomic mass is 16.5. The van der Waals surface area contributed by atoms with Crippen molar-refractivity contribution in [3.63, 3.8) is 0 Å². The molecule has 114 valence electrons. The normalized spacial score (nSPS) is 29.8. The Hall–Kier alpha value is -1.79. The third kappa shape index (κ3) is 2.82. The van der Waals surface area contributed by atoms with Crippen LogP contribution in [0.5, 0.6) is 5.75 Å². The van der Waals surface area contributed by atoms with Crippen molar-refractivity contribution in [1.82, 2.24) is 5.32 Å². The number of para-hydroxylation sites is 2. The number of carbonyl (C=O) groups is 1. The van der Waals surface area contributed by atoms with E-state index in [0.717, 1.165) is 11.4 Å². The number of ether oxygens (including phenoxy) is 2. The van der Waals surface area contributed by atoms with Gasteiger partial charge < -0.3 is 25.2 Å². The molecule has 2 aliphatic rings. The predicted molar refractivity (Wildman–Crippen MR) is 77.3 cm³/mol. The van der Waals surface area contributed by atoms with Gasteiger partial charge in [-0.2, -0.15) is 0 Å².